The number of nitrogens with one attached hydrogen (secondary N) is 1. The van der Waals surface area contributed by atoms with Gasteiger partial charge >= 0.3 is 6.03 Å². The zero-order valence-electron chi connectivity index (χ0n) is 13.8. The van der Waals surface area contributed by atoms with Crippen LogP contribution in [0.15, 0.2) is 36.7 Å². The van der Waals surface area contributed by atoms with E-state index in [1.54, 1.807) is 6.20 Å². The number of pyridine rings is 1. The van der Waals surface area contributed by atoms with Crippen molar-refractivity contribution >= 4 is 6.03 Å². The summed E-state index contributed by atoms with van der Waals surface area (Å²) in [6, 6.07) is 4.49. The molecule has 0 unspecified atom stereocenters. The average molecular weight is 314 g/mol. The van der Waals surface area contributed by atoms with Crippen molar-refractivity contribution < 1.29 is 4.79 Å². The molecule has 1 saturated heterocycles. The van der Waals surface area contributed by atoms with Gasteiger partial charge in [0.2, 0.25) is 0 Å². The third-order valence-electron chi connectivity index (χ3n) is 4.65. The van der Waals surface area contributed by atoms with E-state index in [1.807, 2.05) is 17.2 Å². The number of carbonyl (C=O) groups is 1. The van der Waals surface area contributed by atoms with E-state index >= 15 is 0 Å². The lowest BCUT2D eigenvalue weighted by Crippen LogP contribution is -2.43. The number of carbonyl (C=O) groups excluding carboxylic acids is 1. The van der Waals surface area contributed by atoms with Crippen LogP contribution in [0.5, 0.6) is 0 Å². The molecule has 0 bridgehead atoms. The highest BCUT2D eigenvalue weighted by Crippen LogP contribution is 2.19. The van der Waals surface area contributed by atoms with Crippen molar-refractivity contribution in [2.45, 2.75) is 31.8 Å². The van der Waals surface area contributed by atoms with Gasteiger partial charge in [0.25, 0.3) is 0 Å². The van der Waals surface area contributed by atoms with E-state index in [9.17, 15) is 4.79 Å². The van der Waals surface area contributed by atoms with E-state index in [0.717, 1.165) is 45.4 Å². The Morgan fingerprint density at radius 1 is 1.43 bits per heavy atom. The zero-order chi connectivity index (χ0) is 16.1. The predicted octanol–water partition coefficient (Wildman–Crippen LogP) is 2.26. The van der Waals surface area contributed by atoms with Crippen LogP contribution >= 0.6 is 0 Å². The first-order chi connectivity index (χ1) is 11.2. The molecule has 0 spiro atoms. The van der Waals surface area contributed by atoms with Gasteiger partial charge in [-0.1, -0.05) is 18.2 Å². The van der Waals surface area contributed by atoms with Crippen LogP contribution in [-0.4, -0.2) is 53.5 Å². The molecule has 1 atom stereocenters. The minimum absolute atomic E-state index is 0.108. The maximum Gasteiger partial charge on any atom is 0.317 e. The first-order valence-electron chi connectivity index (χ1n) is 8.48. The summed E-state index contributed by atoms with van der Waals surface area (Å²) in [4.78, 5) is 20.7. The molecule has 1 N–H and O–H groups in total. The summed E-state index contributed by atoms with van der Waals surface area (Å²) < 4.78 is 0. The first-order valence-corrected chi connectivity index (χ1v) is 8.48. The second-order valence-corrected chi connectivity index (χ2v) is 6.75. The molecule has 5 nitrogen and oxygen atoms in total. The Hall–Kier alpha value is -1.88. The van der Waals surface area contributed by atoms with Crippen molar-refractivity contribution in [2.24, 2.45) is 5.92 Å². The smallest absolute Gasteiger partial charge is 0.317 e. The SMILES string of the molecule is CN(Cc1cccnc1)C[C@H]1CCN(C(=O)NC2CC=CC2)C1. The largest absolute Gasteiger partial charge is 0.335 e. The summed E-state index contributed by atoms with van der Waals surface area (Å²) in [6.45, 7) is 3.66. The van der Waals surface area contributed by atoms with Crippen LogP contribution in [0.3, 0.4) is 0 Å². The molecule has 2 heterocycles. The molecule has 0 radical (unpaired) electrons. The van der Waals surface area contributed by atoms with Gasteiger partial charge in [0.05, 0.1) is 0 Å². The van der Waals surface area contributed by atoms with Gasteiger partial charge in [0, 0.05) is 44.6 Å². The van der Waals surface area contributed by atoms with E-state index in [0.29, 0.717) is 12.0 Å². The second kappa shape index (κ2) is 7.59. The molecule has 2 aliphatic rings. The summed E-state index contributed by atoms with van der Waals surface area (Å²) in [7, 11) is 2.14. The van der Waals surface area contributed by atoms with Crippen LogP contribution in [0, 0.1) is 5.92 Å². The van der Waals surface area contributed by atoms with Crippen LogP contribution < -0.4 is 5.32 Å². The number of amides is 2. The number of urea groups is 1. The Morgan fingerprint density at radius 2 is 2.26 bits per heavy atom. The molecule has 1 aliphatic heterocycles. The van der Waals surface area contributed by atoms with Crippen LogP contribution in [0.2, 0.25) is 0 Å². The lowest BCUT2D eigenvalue weighted by atomic mass is 10.1. The molecule has 124 valence electrons. The fourth-order valence-corrected chi connectivity index (χ4v) is 3.48. The highest BCUT2D eigenvalue weighted by molar-refractivity contribution is 5.75. The van der Waals surface area contributed by atoms with Gasteiger partial charge in [-0.25, -0.2) is 4.79 Å². The van der Waals surface area contributed by atoms with Gasteiger partial charge < -0.3 is 15.1 Å². The van der Waals surface area contributed by atoms with Crippen molar-refractivity contribution in [3.05, 3.63) is 42.2 Å². The molecular weight excluding hydrogens is 288 g/mol. The monoisotopic (exact) mass is 314 g/mol. The van der Waals surface area contributed by atoms with E-state index < -0.39 is 0 Å². The number of hydrogen-bond acceptors (Lipinski definition) is 3. The minimum atomic E-state index is 0.108. The summed E-state index contributed by atoms with van der Waals surface area (Å²) >= 11 is 0. The molecular formula is C18H26N4O. The van der Waals surface area contributed by atoms with Gasteiger partial charge in [-0.15, -0.1) is 0 Å². The van der Waals surface area contributed by atoms with Crippen LogP contribution in [-0.2, 0) is 6.54 Å². The number of nitrogens with zero attached hydrogens (tertiary/aromatic N) is 3. The van der Waals surface area contributed by atoms with Crippen molar-refractivity contribution in [3.63, 3.8) is 0 Å². The molecule has 5 heteroatoms. The van der Waals surface area contributed by atoms with Crippen LogP contribution in [0.1, 0.15) is 24.8 Å². The Bertz CT molecular complexity index is 537. The van der Waals surface area contributed by atoms with E-state index in [4.69, 9.17) is 0 Å². The lowest BCUT2D eigenvalue weighted by molar-refractivity contribution is 0.200. The third kappa shape index (κ3) is 4.55. The van der Waals surface area contributed by atoms with E-state index in [-0.39, 0.29) is 6.03 Å². The third-order valence-corrected chi connectivity index (χ3v) is 4.65. The maximum atomic E-state index is 12.3. The number of aromatic nitrogens is 1. The standard InChI is InChI=1S/C18H26N4O/c1-21(12-15-5-4-9-19-11-15)13-16-8-10-22(14-16)18(23)20-17-6-2-3-7-17/h2-5,9,11,16-17H,6-8,10,12-14H2,1H3,(H,20,23)/t16-/m1/s1. The Kier molecular flexibility index (Phi) is 5.28. The Balaban J connectivity index is 1.41. The van der Waals surface area contributed by atoms with Gasteiger partial charge in [-0.2, -0.15) is 0 Å². The normalized spacial score (nSPS) is 21.3. The highest BCUT2D eigenvalue weighted by Gasteiger charge is 2.28. The number of rotatable bonds is 5. The van der Waals surface area contributed by atoms with Crippen molar-refractivity contribution in [3.8, 4) is 0 Å². The summed E-state index contributed by atoms with van der Waals surface area (Å²) in [6.07, 6.45) is 11.0. The lowest BCUT2D eigenvalue weighted by Gasteiger charge is -2.23. The summed E-state index contributed by atoms with van der Waals surface area (Å²) in [5, 5.41) is 3.14. The van der Waals surface area contributed by atoms with Gasteiger partial charge in [-0.3, -0.25) is 4.98 Å². The Labute approximate surface area is 138 Å². The van der Waals surface area contributed by atoms with Crippen molar-refractivity contribution in [2.75, 3.05) is 26.7 Å². The number of hydrogen-bond donors (Lipinski definition) is 1. The topological polar surface area (TPSA) is 48.5 Å². The predicted molar refractivity (Wildman–Crippen MR) is 90.9 cm³/mol. The molecule has 0 aromatic carbocycles. The molecule has 1 aromatic rings. The molecule has 1 fully saturated rings. The molecule has 23 heavy (non-hydrogen) atoms. The maximum absolute atomic E-state index is 12.3. The first kappa shape index (κ1) is 16.0. The summed E-state index contributed by atoms with van der Waals surface area (Å²) in [5.41, 5.74) is 1.23. The second-order valence-electron chi connectivity index (χ2n) is 6.75. The molecule has 1 aliphatic carbocycles. The molecule has 0 saturated carbocycles. The average Bonchev–Trinajstić information content (AvgIpc) is 3.20. The fourth-order valence-electron chi connectivity index (χ4n) is 3.48. The van der Waals surface area contributed by atoms with Gasteiger partial charge in [0.15, 0.2) is 0 Å². The van der Waals surface area contributed by atoms with Crippen molar-refractivity contribution in [1.29, 1.82) is 0 Å². The zero-order valence-corrected chi connectivity index (χ0v) is 13.8. The Morgan fingerprint density at radius 3 is 3.00 bits per heavy atom. The fraction of sp³-hybridized carbons (Fsp3) is 0.556. The van der Waals surface area contributed by atoms with E-state index in [1.165, 1.54) is 5.56 Å². The van der Waals surface area contributed by atoms with E-state index in [2.05, 4.69) is 40.5 Å². The van der Waals surface area contributed by atoms with Crippen LogP contribution in [0.4, 0.5) is 4.79 Å². The number of likely N-dealkylation sites (tertiary alicyclic amines) is 1. The highest BCUT2D eigenvalue weighted by atomic mass is 16.2. The minimum Gasteiger partial charge on any atom is -0.335 e. The van der Waals surface area contributed by atoms with Gasteiger partial charge in [-0.05, 0) is 43.9 Å². The van der Waals surface area contributed by atoms with Gasteiger partial charge in [0.1, 0.15) is 0 Å². The van der Waals surface area contributed by atoms with Crippen molar-refractivity contribution in [1.82, 2.24) is 20.1 Å². The quantitative estimate of drug-likeness (QED) is 0.848. The molecule has 2 amide bonds. The van der Waals surface area contributed by atoms with Crippen LogP contribution in [0.25, 0.3) is 0 Å². The summed E-state index contributed by atoms with van der Waals surface area (Å²) in [5.74, 6) is 0.559. The molecule has 3 rings (SSSR count). The molecule has 1 aromatic heterocycles.